The first kappa shape index (κ1) is 16.3. The van der Waals surface area contributed by atoms with Gasteiger partial charge in [0.2, 0.25) is 10.0 Å². The molecular formula is C11H12ClNO6S. The van der Waals surface area contributed by atoms with Crippen molar-refractivity contribution in [1.82, 2.24) is 0 Å². The van der Waals surface area contributed by atoms with E-state index in [4.69, 9.17) is 11.6 Å². The zero-order chi connectivity index (χ0) is 15.3. The third kappa shape index (κ3) is 4.10. The maximum Gasteiger partial charge on any atom is 0.337 e. The molecule has 0 heterocycles. The van der Waals surface area contributed by atoms with Crippen LogP contribution in [0.3, 0.4) is 0 Å². The first-order chi connectivity index (χ1) is 9.32. The predicted octanol–water partition coefficient (Wildman–Crippen LogP) is 1.20. The fourth-order valence-corrected chi connectivity index (χ4v) is 2.06. The van der Waals surface area contributed by atoms with Crippen LogP contribution >= 0.6 is 11.6 Å². The summed E-state index contributed by atoms with van der Waals surface area (Å²) >= 11 is 5.27. The number of nitrogens with one attached hydrogen (secondary N) is 1. The summed E-state index contributed by atoms with van der Waals surface area (Å²) in [6.45, 7) is 0. The second-order valence-electron chi connectivity index (χ2n) is 3.61. The molecule has 0 aliphatic heterocycles. The third-order valence-electron chi connectivity index (χ3n) is 2.19. The zero-order valence-electron chi connectivity index (χ0n) is 10.7. The molecule has 1 rings (SSSR count). The van der Waals surface area contributed by atoms with E-state index in [0.29, 0.717) is 0 Å². The van der Waals surface area contributed by atoms with Crippen LogP contribution in [0.15, 0.2) is 18.2 Å². The van der Waals surface area contributed by atoms with Crippen molar-refractivity contribution in [3.63, 3.8) is 0 Å². The Labute approximate surface area is 120 Å². The molecule has 0 aliphatic rings. The van der Waals surface area contributed by atoms with Crippen molar-refractivity contribution in [2.24, 2.45) is 0 Å². The van der Waals surface area contributed by atoms with E-state index in [-0.39, 0.29) is 16.8 Å². The van der Waals surface area contributed by atoms with Crippen LogP contribution in [0.5, 0.6) is 0 Å². The highest BCUT2D eigenvalue weighted by Crippen LogP contribution is 2.18. The molecule has 0 radical (unpaired) electrons. The first-order valence-corrected chi connectivity index (χ1v) is 7.40. The molecule has 0 aromatic heterocycles. The number of ether oxygens (including phenoxy) is 2. The van der Waals surface area contributed by atoms with E-state index in [0.717, 1.165) is 14.2 Å². The highest BCUT2D eigenvalue weighted by atomic mass is 35.5. The fraction of sp³-hybridized carbons (Fsp3) is 0.273. The van der Waals surface area contributed by atoms with Gasteiger partial charge in [-0.25, -0.2) is 18.0 Å². The van der Waals surface area contributed by atoms with Gasteiger partial charge in [-0.2, -0.15) is 0 Å². The fourth-order valence-electron chi connectivity index (χ4n) is 1.36. The smallest absolute Gasteiger partial charge is 0.337 e. The Kier molecular flexibility index (Phi) is 5.34. The van der Waals surface area contributed by atoms with Crippen molar-refractivity contribution in [1.29, 1.82) is 0 Å². The molecule has 0 saturated carbocycles. The second-order valence-corrected chi connectivity index (χ2v) is 5.91. The number of benzene rings is 1. The minimum absolute atomic E-state index is 0.00247. The van der Waals surface area contributed by atoms with Crippen LogP contribution in [0.1, 0.15) is 20.7 Å². The first-order valence-electron chi connectivity index (χ1n) is 5.21. The van der Waals surface area contributed by atoms with E-state index in [9.17, 15) is 18.0 Å². The molecule has 7 nitrogen and oxygen atoms in total. The molecule has 0 unspecified atom stereocenters. The number of carbonyl (C=O) groups excluding carboxylic acids is 2. The Morgan fingerprint density at radius 1 is 1.10 bits per heavy atom. The largest absolute Gasteiger partial charge is 0.465 e. The Balaban J connectivity index is 3.30. The molecule has 1 aromatic rings. The molecular weight excluding hydrogens is 310 g/mol. The molecule has 0 amide bonds. The summed E-state index contributed by atoms with van der Waals surface area (Å²) in [6.07, 6.45) is 0. The van der Waals surface area contributed by atoms with Gasteiger partial charge in [0.1, 0.15) is 5.21 Å². The highest BCUT2D eigenvalue weighted by Gasteiger charge is 2.16. The number of carbonyl (C=O) groups is 2. The summed E-state index contributed by atoms with van der Waals surface area (Å²) in [5.74, 6) is -1.44. The molecule has 0 saturated heterocycles. The lowest BCUT2D eigenvalue weighted by Crippen LogP contribution is -2.15. The topological polar surface area (TPSA) is 98.8 Å². The SMILES string of the molecule is COC(=O)c1cc(NS(=O)(=O)CCl)cc(C(=O)OC)c1. The number of rotatable bonds is 5. The van der Waals surface area contributed by atoms with E-state index in [1.807, 2.05) is 0 Å². The van der Waals surface area contributed by atoms with E-state index >= 15 is 0 Å². The van der Waals surface area contributed by atoms with E-state index in [2.05, 4.69) is 14.2 Å². The van der Waals surface area contributed by atoms with Gasteiger partial charge in [0, 0.05) is 0 Å². The number of esters is 2. The van der Waals surface area contributed by atoms with Crippen LogP contribution in [-0.4, -0.2) is 39.8 Å². The Bertz CT molecular complexity index is 594. The summed E-state index contributed by atoms with van der Waals surface area (Å²) in [6, 6.07) is 3.68. The summed E-state index contributed by atoms with van der Waals surface area (Å²) in [5.41, 5.74) is 0.0132. The quantitative estimate of drug-likeness (QED) is 0.646. The van der Waals surface area contributed by atoms with Crippen molar-refractivity contribution in [2.75, 3.05) is 24.2 Å². The maximum absolute atomic E-state index is 11.5. The average molecular weight is 322 g/mol. The Morgan fingerprint density at radius 2 is 1.55 bits per heavy atom. The standard InChI is InChI=1S/C11H12ClNO6S/c1-18-10(14)7-3-8(11(15)19-2)5-9(4-7)13-20(16,17)6-12/h3-5,13H,6H2,1-2H3. The Hall–Kier alpha value is -1.80. The summed E-state index contributed by atoms with van der Waals surface area (Å²) in [4.78, 5) is 23.0. The third-order valence-corrected chi connectivity index (χ3v) is 3.89. The molecule has 9 heteroatoms. The van der Waals surface area contributed by atoms with Crippen LogP contribution in [0.2, 0.25) is 0 Å². The zero-order valence-corrected chi connectivity index (χ0v) is 12.2. The van der Waals surface area contributed by atoms with Crippen LogP contribution in [-0.2, 0) is 19.5 Å². The number of halogens is 1. The van der Waals surface area contributed by atoms with E-state index in [1.54, 1.807) is 0 Å². The number of hydrogen-bond acceptors (Lipinski definition) is 6. The number of alkyl halides is 1. The van der Waals surface area contributed by atoms with Crippen LogP contribution in [0.4, 0.5) is 5.69 Å². The van der Waals surface area contributed by atoms with Crippen molar-refractivity contribution in [3.8, 4) is 0 Å². The summed E-state index contributed by atoms with van der Waals surface area (Å²) in [7, 11) is -1.43. The summed E-state index contributed by atoms with van der Waals surface area (Å²) < 4.78 is 34.0. The molecule has 0 bridgehead atoms. The van der Waals surface area contributed by atoms with Crippen molar-refractivity contribution in [2.45, 2.75) is 0 Å². The van der Waals surface area contributed by atoms with Gasteiger partial charge in [0.15, 0.2) is 0 Å². The molecule has 1 aromatic carbocycles. The van der Waals surface area contributed by atoms with Gasteiger partial charge in [-0.1, -0.05) is 0 Å². The molecule has 0 spiro atoms. The minimum Gasteiger partial charge on any atom is -0.465 e. The molecule has 20 heavy (non-hydrogen) atoms. The van der Waals surface area contributed by atoms with Crippen molar-refractivity contribution >= 4 is 39.3 Å². The Morgan fingerprint density at radius 3 is 1.90 bits per heavy atom. The van der Waals surface area contributed by atoms with Gasteiger partial charge in [0.25, 0.3) is 0 Å². The van der Waals surface area contributed by atoms with E-state index in [1.165, 1.54) is 18.2 Å². The predicted molar refractivity (Wildman–Crippen MR) is 72.4 cm³/mol. The number of methoxy groups -OCH3 is 2. The van der Waals surface area contributed by atoms with Crippen LogP contribution in [0, 0.1) is 0 Å². The van der Waals surface area contributed by atoms with Crippen LogP contribution < -0.4 is 4.72 Å². The molecule has 1 N–H and O–H groups in total. The lowest BCUT2D eigenvalue weighted by molar-refractivity contribution is 0.0599. The number of sulfonamides is 1. The van der Waals surface area contributed by atoms with Gasteiger partial charge < -0.3 is 9.47 Å². The lowest BCUT2D eigenvalue weighted by Gasteiger charge is -2.09. The van der Waals surface area contributed by atoms with Crippen LogP contribution in [0.25, 0.3) is 0 Å². The lowest BCUT2D eigenvalue weighted by atomic mass is 10.1. The highest BCUT2D eigenvalue weighted by molar-refractivity contribution is 7.93. The maximum atomic E-state index is 11.5. The number of anilines is 1. The monoisotopic (exact) mass is 321 g/mol. The number of hydrogen-bond donors (Lipinski definition) is 1. The summed E-state index contributed by atoms with van der Waals surface area (Å²) in [5, 5.41) is -0.664. The van der Waals surface area contributed by atoms with Crippen molar-refractivity contribution in [3.05, 3.63) is 29.3 Å². The molecule has 0 aliphatic carbocycles. The van der Waals surface area contributed by atoms with E-state index < -0.39 is 27.2 Å². The van der Waals surface area contributed by atoms with Gasteiger partial charge in [-0.3, -0.25) is 4.72 Å². The average Bonchev–Trinajstić information content (AvgIpc) is 2.44. The normalized spacial score (nSPS) is 10.8. The molecule has 110 valence electrons. The van der Waals surface area contributed by atoms with Gasteiger partial charge >= 0.3 is 11.9 Å². The van der Waals surface area contributed by atoms with Gasteiger partial charge in [-0.05, 0) is 18.2 Å². The van der Waals surface area contributed by atoms with Crippen molar-refractivity contribution < 1.29 is 27.5 Å². The minimum atomic E-state index is -3.76. The second kappa shape index (κ2) is 6.58. The molecule has 0 fully saturated rings. The molecule has 0 atom stereocenters. The van der Waals surface area contributed by atoms with Gasteiger partial charge in [-0.15, -0.1) is 11.6 Å². The van der Waals surface area contributed by atoms with Gasteiger partial charge in [0.05, 0.1) is 31.0 Å².